The molecule has 0 aliphatic carbocycles. The standard InChI is InChI=1S/C23H27N3O2/c1-16(2)23(27)24-12-11-22-25-19-7-5-6-8-20(19)26(22)13-14-28-21-10-9-17(3)15-18(21)4/h5-10,15H,1,11-14H2,2-4H3,(H,24,27). The van der Waals surface area contributed by atoms with Crippen LogP contribution in [0.5, 0.6) is 5.75 Å². The third-order valence-corrected chi connectivity index (χ3v) is 4.66. The lowest BCUT2D eigenvalue weighted by Crippen LogP contribution is -2.27. The van der Waals surface area contributed by atoms with Gasteiger partial charge in [-0.15, -0.1) is 0 Å². The SMILES string of the molecule is C=C(C)C(=O)NCCc1nc2ccccc2n1CCOc1ccc(C)cc1C. The molecule has 1 amide bonds. The number of nitrogens with zero attached hydrogens (tertiary/aromatic N) is 2. The number of benzene rings is 2. The van der Waals surface area contributed by atoms with Crippen molar-refractivity contribution in [2.24, 2.45) is 0 Å². The highest BCUT2D eigenvalue weighted by molar-refractivity contribution is 5.92. The Morgan fingerprint density at radius 1 is 1.21 bits per heavy atom. The molecule has 0 radical (unpaired) electrons. The van der Waals surface area contributed by atoms with Gasteiger partial charge in [-0.25, -0.2) is 4.98 Å². The summed E-state index contributed by atoms with van der Waals surface area (Å²) in [6, 6.07) is 14.3. The maximum absolute atomic E-state index is 11.7. The zero-order valence-electron chi connectivity index (χ0n) is 16.8. The zero-order valence-corrected chi connectivity index (χ0v) is 16.8. The fourth-order valence-corrected chi connectivity index (χ4v) is 3.21. The molecule has 28 heavy (non-hydrogen) atoms. The van der Waals surface area contributed by atoms with Crippen molar-refractivity contribution in [3.8, 4) is 5.75 Å². The molecule has 146 valence electrons. The molecule has 0 saturated heterocycles. The van der Waals surface area contributed by atoms with Crippen LogP contribution in [0.2, 0.25) is 0 Å². The van der Waals surface area contributed by atoms with E-state index in [-0.39, 0.29) is 5.91 Å². The average Bonchev–Trinajstić information content (AvgIpc) is 3.01. The number of fused-ring (bicyclic) bond motifs is 1. The molecule has 5 nitrogen and oxygen atoms in total. The Morgan fingerprint density at radius 2 is 2.00 bits per heavy atom. The van der Waals surface area contributed by atoms with E-state index in [1.807, 2.05) is 24.3 Å². The number of aromatic nitrogens is 2. The first-order valence-electron chi connectivity index (χ1n) is 9.53. The summed E-state index contributed by atoms with van der Waals surface area (Å²) in [4.78, 5) is 16.5. The van der Waals surface area contributed by atoms with Crippen molar-refractivity contribution in [1.29, 1.82) is 0 Å². The number of rotatable bonds is 8. The number of hydrogen-bond acceptors (Lipinski definition) is 3. The van der Waals surface area contributed by atoms with Gasteiger partial charge in [0.1, 0.15) is 18.2 Å². The van der Waals surface area contributed by atoms with E-state index >= 15 is 0 Å². The second kappa shape index (κ2) is 8.74. The molecule has 0 aliphatic heterocycles. The maximum atomic E-state index is 11.7. The molecule has 0 bridgehead atoms. The van der Waals surface area contributed by atoms with Gasteiger partial charge in [0.15, 0.2) is 0 Å². The molecular formula is C23H27N3O2. The van der Waals surface area contributed by atoms with Gasteiger partial charge in [0, 0.05) is 18.5 Å². The van der Waals surface area contributed by atoms with E-state index in [2.05, 4.69) is 48.5 Å². The molecule has 0 unspecified atom stereocenters. The van der Waals surface area contributed by atoms with E-state index in [9.17, 15) is 4.79 Å². The molecule has 1 heterocycles. The number of aryl methyl sites for hydroxylation is 2. The quantitative estimate of drug-likeness (QED) is 0.605. The van der Waals surface area contributed by atoms with Crippen LogP contribution >= 0.6 is 0 Å². The number of nitrogens with one attached hydrogen (secondary N) is 1. The van der Waals surface area contributed by atoms with E-state index in [0.29, 0.717) is 31.7 Å². The van der Waals surface area contributed by atoms with Crippen LogP contribution in [0.15, 0.2) is 54.6 Å². The first-order chi connectivity index (χ1) is 13.5. The number of hydrogen-bond donors (Lipinski definition) is 1. The molecule has 0 atom stereocenters. The number of para-hydroxylation sites is 2. The predicted molar refractivity (Wildman–Crippen MR) is 113 cm³/mol. The summed E-state index contributed by atoms with van der Waals surface area (Å²) in [6.45, 7) is 11.3. The van der Waals surface area contributed by atoms with Gasteiger partial charge in [-0.2, -0.15) is 0 Å². The van der Waals surface area contributed by atoms with Crippen LogP contribution in [0.4, 0.5) is 0 Å². The van der Waals surface area contributed by atoms with E-state index < -0.39 is 0 Å². The summed E-state index contributed by atoms with van der Waals surface area (Å²) >= 11 is 0. The normalized spacial score (nSPS) is 10.8. The van der Waals surface area contributed by atoms with E-state index in [0.717, 1.165) is 28.2 Å². The van der Waals surface area contributed by atoms with Gasteiger partial charge in [-0.3, -0.25) is 4.79 Å². The van der Waals surface area contributed by atoms with Gasteiger partial charge >= 0.3 is 0 Å². The smallest absolute Gasteiger partial charge is 0.246 e. The molecule has 0 spiro atoms. The third kappa shape index (κ3) is 4.60. The maximum Gasteiger partial charge on any atom is 0.246 e. The van der Waals surface area contributed by atoms with Crippen LogP contribution in [0.1, 0.15) is 23.9 Å². The summed E-state index contributed by atoms with van der Waals surface area (Å²) in [5.74, 6) is 1.72. The zero-order chi connectivity index (χ0) is 20.1. The van der Waals surface area contributed by atoms with E-state index in [1.165, 1.54) is 5.56 Å². The van der Waals surface area contributed by atoms with Crippen LogP contribution in [-0.2, 0) is 17.8 Å². The fourth-order valence-electron chi connectivity index (χ4n) is 3.21. The second-order valence-corrected chi connectivity index (χ2v) is 7.07. The predicted octanol–water partition coefficient (Wildman–Crippen LogP) is 3.97. The van der Waals surface area contributed by atoms with Crippen molar-refractivity contribution in [3.63, 3.8) is 0 Å². The van der Waals surface area contributed by atoms with Crippen LogP contribution in [0, 0.1) is 13.8 Å². The number of carbonyl (C=O) groups is 1. The Morgan fingerprint density at radius 3 is 2.75 bits per heavy atom. The Bertz CT molecular complexity index is 1000. The fraction of sp³-hybridized carbons (Fsp3) is 0.304. The number of amides is 1. The number of imidazole rings is 1. The molecular weight excluding hydrogens is 350 g/mol. The van der Waals surface area contributed by atoms with Crippen LogP contribution in [0.3, 0.4) is 0 Å². The van der Waals surface area contributed by atoms with Crippen molar-refractivity contribution in [2.45, 2.75) is 33.7 Å². The number of ether oxygens (including phenoxy) is 1. The Hall–Kier alpha value is -3.08. The highest BCUT2D eigenvalue weighted by Crippen LogP contribution is 2.20. The van der Waals surface area contributed by atoms with Gasteiger partial charge < -0.3 is 14.6 Å². The largest absolute Gasteiger partial charge is 0.491 e. The molecule has 3 rings (SSSR count). The highest BCUT2D eigenvalue weighted by Gasteiger charge is 2.11. The summed E-state index contributed by atoms with van der Waals surface area (Å²) in [7, 11) is 0. The molecule has 1 N–H and O–H groups in total. The van der Waals surface area contributed by atoms with E-state index in [1.54, 1.807) is 6.92 Å². The summed E-state index contributed by atoms with van der Waals surface area (Å²) in [5.41, 5.74) is 4.90. The number of carbonyl (C=O) groups excluding carboxylic acids is 1. The monoisotopic (exact) mass is 377 g/mol. The highest BCUT2D eigenvalue weighted by atomic mass is 16.5. The first-order valence-corrected chi connectivity index (χ1v) is 9.53. The lowest BCUT2D eigenvalue weighted by Gasteiger charge is -2.13. The Labute approximate surface area is 166 Å². The van der Waals surface area contributed by atoms with Gasteiger partial charge in [0.25, 0.3) is 0 Å². The third-order valence-electron chi connectivity index (χ3n) is 4.66. The summed E-state index contributed by atoms with van der Waals surface area (Å²) in [6.07, 6.45) is 0.650. The van der Waals surface area contributed by atoms with Gasteiger partial charge in [-0.1, -0.05) is 36.4 Å². The van der Waals surface area contributed by atoms with Crippen LogP contribution in [0.25, 0.3) is 11.0 Å². The van der Waals surface area contributed by atoms with Crippen LogP contribution in [-0.4, -0.2) is 28.6 Å². The molecule has 0 saturated carbocycles. The molecule has 5 heteroatoms. The van der Waals surface area contributed by atoms with Gasteiger partial charge in [0.05, 0.1) is 17.6 Å². The summed E-state index contributed by atoms with van der Waals surface area (Å²) in [5, 5.41) is 2.87. The van der Waals surface area contributed by atoms with Crippen molar-refractivity contribution in [3.05, 3.63) is 71.6 Å². The lowest BCUT2D eigenvalue weighted by atomic mass is 10.1. The minimum atomic E-state index is -0.124. The Balaban J connectivity index is 1.71. The molecule has 0 fully saturated rings. The van der Waals surface area contributed by atoms with E-state index in [4.69, 9.17) is 9.72 Å². The second-order valence-electron chi connectivity index (χ2n) is 7.07. The lowest BCUT2D eigenvalue weighted by molar-refractivity contribution is -0.117. The van der Waals surface area contributed by atoms with Gasteiger partial charge in [-0.05, 0) is 44.5 Å². The minimum absolute atomic E-state index is 0.124. The van der Waals surface area contributed by atoms with Crippen molar-refractivity contribution >= 4 is 16.9 Å². The minimum Gasteiger partial charge on any atom is -0.491 e. The molecule has 1 aromatic heterocycles. The molecule has 0 aliphatic rings. The summed E-state index contributed by atoms with van der Waals surface area (Å²) < 4.78 is 8.19. The van der Waals surface area contributed by atoms with Gasteiger partial charge in [0.2, 0.25) is 5.91 Å². The first kappa shape index (κ1) is 19.7. The van der Waals surface area contributed by atoms with Crippen molar-refractivity contribution in [2.75, 3.05) is 13.2 Å². The molecule has 3 aromatic rings. The Kier molecular flexibility index (Phi) is 6.14. The average molecular weight is 377 g/mol. The van der Waals surface area contributed by atoms with Crippen LogP contribution < -0.4 is 10.1 Å². The van der Waals surface area contributed by atoms with Crippen molar-refractivity contribution < 1.29 is 9.53 Å². The topological polar surface area (TPSA) is 56.2 Å². The van der Waals surface area contributed by atoms with Crippen molar-refractivity contribution in [1.82, 2.24) is 14.9 Å². The molecule has 2 aromatic carbocycles.